The molecule has 2 atom stereocenters. The first-order valence-electron chi connectivity index (χ1n) is 18.9. The lowest BCUT2D eigenvalue weighted by Gasteiger charge is -2.33. The number of nitrogens with one attached hydrogen (secondary N) is 2. The zero-order chi connectivity index (χ0) is 38.8. The zero-order valence-electron chi connectivity index (χ0n) is 30.6. The van der Waals surface area contributed by atoms with E-state index in [9.17, 15) is 24.0 Å². The number of fused-ring (bicyclic) bond motifs is 2. The quantitative estimate of drug-likeness (QED) is 0.113. The van der Waals surface area contributed by atoms with E-state index in [4.69, 9.17) is 15.6 Å². The van der Waals surface area contributed by atoms with Crippen LogP contribution < -0.4 is 21.1 Å². The fourth-order valence-electron chi connectivity index (χ4n) is 7.82. The van der Waals surface area contributed by atoms with Gasteiger partial charge in [-0.1, -0.05) is 30.7 Å². The van der Waals surface area contributed by atoms with Crippen LogP contribution in [0, 0.1) is 0 Å². The number of carbonyl (C=O) groups excluding carboxylic acids is 5. The summed E-state index contributed by atoms with van der Waals surface area (Å²) in [5.41, 5.74) is 9.14. The summed E-state index contributed by atoms with van der Waals surface area (Å²) in [6.45, 7) is 2.63. The van der Waals surface area contributed by atoms with Crippen molar-refractivity contribution < 1.29 is 28.7 Å². The summed E-state index contributed by atoms with van der Waals surface area (Å²) >= 11 is 0. The summed E-state index contributed by atoms with van der Waals surface area (Å²) in [5.74, 6) is -0.818. The maximum absolute atomic E-state index is 13.4. The molecule has 15 heteroatoms. The number of imide groups is 2. The van der Waals surface area contributed by atoms with Crippen molar-refractivity contribution >= 4 is 52.1 Å². The molecule has 4 N–H and O–H groups in total. The van der Waals surface area contributed by atoms with Crippen LogP contribution in [-0.2, 0) is 14.4 Å². The molecule has 2 aromatic heterocycles. The molecule has 8 rings (SSSR count). The monoisotopic (exact) mass is 755 g/mol. The molecule has 5 amide bonds. The molecule has 2 fully saturated rings. The summed E-state index contributed by atoms with van der Waals surface area (Å²) in [4.78, 5) is 75.8. The van der Waals surface area contributed by atoms with Crippen molar-refractivity contribution in [3.05, 3.63) is 90.3 Å². The highest BCUT2D eigenvalue weighted by atomic mass is 16.5. The smallest absolute Gasteiger partial charge is 0.264 e. The lowest BCUT2D eigenvalue weighted by Crippen LogP contribution is -2.54. The van der Waals surface area contributed by atoms with Crippen LogP contribution in [0.25, 0.3) is 22.3 Å². The van der Waals surface area contributed by atoms with Crippen LogP contribution in [0.5, 0.6) is 11.5 Å². The minimum atomic E-state index is -1.08. The third-order valence-electron chi connectivity index (χ3n) is 10.6. The Morgan fingerprint density at radius 2 is 1.70 bits per heavy atom. The topological polar surface area (TPSA) is 195 Å². The highest BCUT2D eigenvalue weighted by molar-refractivity contribution is 6.26. The van der Waals surface area contributed by atoms with Crippen molar-refractivity contribution in [2.45, 2.75) is 63.5 Å². The van der Waals surface area contributed by atoms with Crippen LogP contribution in [0.3, 0.4) is 0 Å². The molecular weight excluding hydrogens is 715 g/mol. The van der Waals surface area contributed by atoms with Gasteiger partial charge in [-0.15, -0.1) is 0 Å². The van der Waals surface area contributed by atoms with Gasteiger partial charge in [0.2, 0.25) is 17.7 Å². The van der Waals surface area contributed by atoms with Crippen LogP contribution in [0.15, 0.2) is 79.1 Å². The van der Waals surface area contributed by atoms with Crippen molar-refractivity contribution in [1.82, 2.24) is 34.9 Å². The summed E-state index contributed by atoms with van der Waals surface area (Å²) in [6.07, 6.45) is 6.12. The highest BCUT2D eigenvalue weighted by Gasteiger charge is 2.45. The maximum Gasteiger partial charge on any atom is 0.264 e. The van der Waals surface area contributed by atoms with Gasteiger partial charge in [-0.25, -0.2) is 14.6 Å². The van der Waals surface area contributed by atoms with Gasteiger partial charge in [0.05, 0.1) is 28.2 Å². The number of amides is 5. The number of ether oxygens (including phenoxy) is 1. The van der Waals surface area contributed by atoms with Crippen molar-refractivity contribution in [3.63, 3.8) is 0 Å². The second kappa shape index (κ2) is 15.7. The molecular formula is C41H41N9O6. The number of carbonyl (C=O) groups is 5. The Balaban J connectivity index is 0.851. The number of nitrogen functional groups attached to an aromatic ring is 1. The molecule has 1 unspecified atom stereocenters. The van der Waals surface area contributed by atoms with Gasteiger partial charge in [-0.05, 0) is 93.7 Å². The van der Waals surface area contributed by atoms with Gasteiger partial charge in [-0.2, -0.15) is 5.10 Å². The first kappa shape index (κ1) is 36.5. The number of rotatable bonds is 12. The second-order valence-electron chi connectivity index (χ2n) is 14.3. The summed E-state index contributed by atoms with van der Waals surface area (Å²) in [6, 6.07) is 21.1. The number of aromatic nitrogens is 4. The molecule has 0 radical (unpaired) electrons. The number of unbranched alkanes of at least 4 members (excludes halogenated alkanes) is 2. The van der Waals surface area contributed by atoms with E-state index in [1.807, 2.05) is 59.3 Å². The van der Waals surface area contributed by atoms with Crippen molar-refractivity contribution in [2.75, 3.05) is 30.7 Å². The van der Waals surface area contributed by atoms with E-state index in [0.29, 0.717) is 23.6 Å². The van der Waals surface area contributed by atoms with Crippen molar-refractivity contribution in [2.24, 2.45) is 0 Å². The fraction of sp³-hybridized carbons (Fsp3) is 0.317. The molecule has 0 spiro atoms. The molecule has 56 heavy (non-hydrogen) atoms. The normalized spacial score (nSPS) is 18.6. The summed E-state index contributed by atoms with van der Waals surface area (Å²) in [5, 5.41) is 10.8. The maximum atomic E-state index is 13.4. The molecule has 0 saturated carbocycles. The van der Waals surface area contributed by atoms with Crippen molar-refractivity contribution in [3.8, 4) is 22.8 Å². The molecule has 3 aliphatic rings. The Labute approximate surface area is 322 Å². The Morgan fingerprint density at radius 3 is 2.50 bits per heavy atom. The van der Waals surface area contributed by atoms with Gasteiger partial charge in [0.25, 0.3) is 11.8 Å². The number of nitrogens with two attached hydrogens (primary N) is 1. The number of hydrogen-bond acceptors (Lipinski definition) is 11. The Morgan fingerprint density at radius 1 is 0.893 bits per heavy atom. The Hall–Kier alpha value is -6.48. The molecule has 3 aliphatic heterocycles. The standard InChI is InChI=1S/C41H41N9O6/c42-37-35-36(25-15-17-28(18-16-25)56-27-10-3-1-4-11-27)47-50(38(35)44-24-43-37)26-9-8-22-48(23-26)21-6-2-5-14-32(51)45-30-13-7-12-29-34(30)41(55)49(40(29)54)31-19-20-33(52)46-39(31)53/h1,3-4,7,10-13,15-18,24,26,31H,2,5-6,8-9,14,19-23H2,(H,45,51)(H2,42,43,44)(H,46,52,53)/t26-,31?/m0/s1. The van der Waals surface area contributed by atoms with E-state index in [1.54, 1.807) is 12.1 Å². The average Bonchev–Trinajstić information content (AvgIpc) is 3.71. The molecule has 0 bridgehead atoms. The third-order valence-corrected chi connectivity index (χ3v) is 10.6. The van der Waals surface area contributed by atoms with Gasteiger partial charge in [0, 0.05) is 24.9 Å². The van der Waals surface area contributed by atoms with E-state index < -0.39 is 29.7 Å². The largest absolute Gasteiger partial charge is 0.457 e. The number of piperidine rings is 2. The number of likely N-dealkylation sites (tertiary alicyclic amines) is 1. The zero-order valence-corrected chi connectivity index (χ0v) is 30.6. The Bertz CT molecular complexity index is 2330. The Kier molecular flexibility index (Phi) is 10.2. The molecule has 0 aliphatic carbocycles. The summed E-state index contributed by atoms with van der Waals surface area (Å²) in [7, 11) is 0. The predicted octanol–water partition coefficient (Wildman–Crippen LogP) is 5.11. The van der Waals surface area contributed by atoms with Crippen LogP contribution in [0.2, 0.25) is 0 Å². The predicted molar refractivity (Wildman–Crippen MR) is 207 cm³/mol. The number of hydrogen-bond donors (Lipinski definition) is 3. The molecule has 2 saturated heterocycles. The number of para-hydroxylation sites is 1. The van der Waals surface area contributed by atoms with E-state index >= 15 is 0 Å². The fourth-order valence-corrected chi connectivity index (χ4v) is 7.82. The average molecular weight is 756 g/mol. The lowest BCUT2D eigenvalue weighted by atomic mass is 10.0. The molecule has 5 heterocycles. The van der Waals surface area contributed by atoms with E-state index in [0.717, 1.165) is 72.6 Å². The van der Waals surface area contributed by atoms with E-state index in [1.165, 1.54) is 12.4 Å². The van der Waals surface area contributed by atoms with E-state index in [2.05, 4.69) is 25.5 Å². The van der Waals surface area contributed by atoms with Gasteiger partial charge in [-0.3, -0.25) is 34.2 Å². The van der Waals surface area contributed by atoms with Crippen LogP contribution in [0.4, 0.5) is 11.5 Å². The summed E-state index contributed by atoms with van der Waals surface area (Å²) < 4.78 is 7.98. The minimum Gasteiger partial charge on any atom is -0.457 e. The van der Waals surface area contributed by atoms with Gasteiger partial charge >= 0.3 is 0 Å². The molecule has 3 aromatic carbocycles. The first-order valence-corrected chi connectivity index (χ1v) is 18.9. The number of nitrogens with zero attached hydrogens (tertiary/aromatic N) is 6. The first-order chi connectivity index (χ1) is 27.2. The van der Waals surface area contributed by atoms with E-state index in [-0.39, 0.29) is 48.0 Å². The second-order valence-corrected chi connectivity index (χ2v) is 14.3. The van der Waals surface area contributed by atoms with Gasteiger partial charge in [0.1, 0.15) is 35.4 Å². The van der Waals surface area contributed by atoms with Gasteiger partial charge < -0.3 is 20.7 Å². The third kappa shape index (κ3) is 7.32. The van der Waals surface area contributed by atoms with Crippen LogP contribution in [-0.4, -0.2) is 84.8 Å². The molecule has 286 valence electrons. The number of benzene rings is 3. The lowest BCUT2D eigenvalue weighted by molar-refractivity contribution is -0.136. The molecule has 5 aromatic rings. The molecule has 15 nitrogen and oxygen atoms in total. The van der Waals surface area contributed by atoms with Crippen LogP contribution >= 0.6 is 0 Å². The number of anilines is 2. The van der Waals surface area contributed by atoms with Crippen molar-refractivity contribution in [1.29, 1.82) is 0 Å². The highest BCUT2D eigenvalue weighted by Crippen LogP contribution is 2.36. The minimum absolute atomic E-state index is 0.0294. The van der Waals surface area contributed by atoms with Gasteiger partial charge in [0.15, 0.2) is 5.65 Å². The SMILES string of the molecule is Nc1ncnc2c1c(-c1ccc(Oc3ccccc3)cc1)nn2[C@H]1CCCN(CCCCCC(=O)Nc2cccc3c2C(=O)N(C2CCC(=O)NC2=O)C3=O)C1. The van der Waals surface area contributed by atoms with Crippen LogP contribution in [0.1, 0.15) is 78.1 Å².